The first-order valence-corrected chi connectivity index (χ1v) is 6.57. The van der Waals surface area contributed by atoms with E-state index in [2.05, 4.69) is 4.98 Å². The summed E-state index contributed by atoms with van der Waals surface area (Å²) in [5.41, 5.74) is -2.54. The molecule has 1 saturated heterocycles. The van der Waals surface area contributed by atoms with Gasteiger partial charge in [-0.3, -0.25) is 19.4 Å². The van der Waals surface area contributed by atoms with Gasteiger partial charge in [0.25, 0.3) is 5.91 Å². The second-order valence-corrected chi connectivity index (χ2v) is 5.94. The van der Waals surface area contributed by atoms with Crippen molar-refractivity contribution in [1.29, 1.82) is 0 Å². The molecule has 0 bridgehead atoms. The van der Waals surface area contributed by atoms with E-state index in [1.54, 1.807) is 0 Å². The van der Waals surface area contributed by atoms with Crippen LogP contribution < -0.4 is 0 Å². The van der Waals surface area contributed by atoms with Crippen LogP contribution >= 0.6 is 11.6 Å². The van der Waals surface area contributed by atoms with Crippen LogP contribution in [0.15, 0.2) is 18.5 Å². The highest BCUT2D eigenvalue weighted by Gasteiger charge is 2.81. The number of fused-ring (bicyclic) bond motifs is 1. The largest absolute Gasteiger partial charge is 0.481 e. The minimum absolute atomic E-state index is 0.0578. The molecular formula is C13H11ClN2O5. The molecule has 2 heterocycles. The van der Waals surface area contributed by atoms with Crippen molar-refractivity contribution in [2.75, 3.05) is 13.1 Å². The first-order chi connectivity index (χ1) is 9.82. The molecule has 0 unspecified atom stereocenters. The van der Waals surface area contributed by atoms with Crippen molar-refractivity contribution >= 4 is 29.4 Å². The van der Waals surface area contributed by atoms with Crippen molar-refractivity contribution < 1.29 is 24.6 Å². The maximum absolute atomic E-state index is 12.3. The Labute approximate surface area is 124 Å². The lowest BCUT2D eigenvalue weighted by molar-refractivity contribution is -0.151. The van der Waals surface area contributed by atoms with Crippen molar-refractivity contribution in [1.82, 2.24) is 9.88 Å². The lowest BCUT2D eigenvalue weighted by atomic mass is 9.97. The van der Waals surface area contributed by atoms with E-state index >= 15 is 0 Å². The van der Waals surface area contributed by atoms with Crippen LogP contribution in [0.3, 0.4) is 0 Å². The van der Waals surface area contributed by atoms with Gasteiger partial charge in [-0.25, -0.2) is 0 Å². The number of aliphatic carboxylic acids is 2. The topological polar surface area (TPSA) is 108 Å². The Kier molecular flexibility index (Phi) is 2.75. The Hall–Kier alpha value is -2.15. The van der Waals surface area contributed by atoms with E-state index in [9.17, 15) is 24.6 Å². The fraction of sp³-hybridized carbons (Fsp3) is 0.385. The molecule has 0 spiro atoms. The summed E-state index contributed by atoms with van der Waals surface area (Å²) in [6, 6.07) is 1.42. The normalized spacial score (nSPS) is 29.9. The molecule has 2 atom stereocenters. The van der Waals surface area contributed by atoms with Gasteiger partial charge < -0.3 is 15.1 Å². The number of rotatable bonds is 3. The van der Waals surface area contributed by atoms with Gasteiger partial charge in [0, 0.05) is 25.5 Å². The number of carbonyl (C=O) groups excluding carboxylic acids is 1. The molecule has 1 aromatic rings. The zero-order valence-corrected chi connectivity index (χ0v) is 11.5. The van der Waals surface area contributed by atoms with Crippen LogP contribution in [0, 0.1) is 10.8 Å². The van der Waals surface area contributed by atoms with Gasteiger partial charge in [-0.2, -0.15) is 0 Å². The lowest BCUT2D eigenvalue weighted by Gasteiger charge is -2.19. The summed E-state index contributed by atoms with van der Waals surface area (Å²) in [5, 5.41) is 18.9. The molecular weight excluding hydrogens is 300 g/mol. The Bertz CT molecular complexity index is 650. The van der Waals surface area contributed by atoms with Crippen LogP contribution in [0.5, 0.6) is 0 Å². The highest BCUT2D eigenvalue weighted by atomic mass is 35.5. The van der Waals surface area contributed by atoms with Gasteiger partial charge in [-0.15, -0.1) is 0 Å². The number of amides is 1. The van der Waals surface area contributed by atoms with Gasteiger partial charge in [-0.1, -0.05) is 11.6 Å². The van der Waals surface area contributed by atoms with Gasteiger partial charge in [0.2, 0.25) is 0 Å². The average molecular weight is 311 g/mol. The molecule has 7 nitrogen and oxygen atoms in total. The smallest absolute Gasteiger partial charge is 0.312 e. The molecule has 1 saturated carbocycles. The minimum atomic E-state index is -1.37. The first kappa shape index (κ1) is 13.8. The fourth-order valence-electron chi connectivity index (χ4n) is 3.14. The SMILES string of the molecule is O=C(c1cncc(Cl)c1)N1C[C@@]2(C(=O)O)C[C@@]2(C(=O)O)C1. The maximum atomic E-state index is 12.3. The standard InChI is InChI=1S/C13H11ClN2O5/c14-8-1-7(2-15-3-8)9(17)16-5-12(10(18)19)4-13(12,6-16)11(20)21/h1-3H,4-6H2,(H,18,19)(H,20,21)/t12-,13+. The summed E-state index contributed by atoms with van der Waals surface area (Å²) in [5.74, 6) is -2.81. The van der Waals surface area contributed by atoms with E-state index < -0.39 is 28.7 Å². The van der Waals surface area contributed by atoms with E-state index in [0.29, 0.717) is 0 Å². The van der Waals surface area contributed by atoms with Crippen molar-refractivity contribution in [3.05, 3.63) is 29.0 Å². The molecule has 1 amide bonds. The molecule has 0 radical (unpaired) electrons. The van der Waals surface area contributed by atoms with Crippen molar-refractivity contribution in [3.63, 3.8) is 0 Å². The number of aromatic nitrogens is 1. The molecule has 0 aromatic carbocycles. The number of carboxylic acid groups (broad SMARTS) is 2. The van der Waals surface area contributed by atoms with E-state index in [-0.39, 0.29) is 30.1 Å². The third-order valence-electron chi connectivity index (χ3n) is 4.37. The van der Waals surface area contributed by atoms with Crippen LogP contribution in [-0.4, -0.2) is 51.0 Å². The van der Waals surface area contributed by atoms with Crippen LogP contribution in [0.4, 0.5) is 0 Å². The first-order valence-electron chi connectivity index (χ1n) is 6.19. The summed E-state index contributed by atoms with van der Waals surface area (Å²) in [6.07, 6.45) is 2.75. The highest BCUT2D eigenvalue weighted by molar-refractivity contribution is 6.30. The molecule has 2 aliphatic rings. The van der Waals surface area contributed by atoms with Crippen LogP contribution in [0.1, 0.15) is 16.8 Å². The maximum Gasteiger partial charge on any atom is 0.312 e. The summed E-state index contributed by atoms with van der Waals surface area (Å²) in [6.45, 7) is -0.222. The lowest BCUT2D eigenvalue weighted by Crippen LogP contribution is -2.34. The van der Waals surface area contributed by atoms with Gasteiger partial charge >= 0.3 is 11.9 Å². The second-order valence-electron chi connectivity index (χ2n) is 5.50. The number of likely N-dealkylation sites (tertiary alicyclic amines) is 1. The zero-order valence-electron chi connectivity index (χ0n) is 10.7. The van der Waals surface area contributed by atoms with E-state index in [1.165, 1.54) is 23.4 Å². The number of halogens is 1. The molecule has 3 rings (SSSR count). The monoisotopic (exact) mass is 310 g/mol. The molecule has 8 heteroatoms. The van der Waals surface area contributed by atoms with Gasteiger partial charge in [-0.05, 0) is 12.5 Å². The quantitative estimate of drug-likeness (QED) is 0.852. The zero-order chi connectivity index (χ0) is 15.4. The van der Waals surface area contributed by atoms with Crippen molar-refractivity contribution in [2.24, 2.45) is 10.8 Å². The molecule has 2 N–H and O–H groups in total. The Morgan fingerprint density at radius 2 is 1.71 bits per heavy atom. The third kappa shape index (κ3) is 1.73. The number of hydrogen-bond donors (Lipinski definition) is 2. The van der Waals surface area contributed by atoms with Gasteiger partial charge in [0.15, 0.2) is 0 Å². The molecule has 1 aliphatic carbocycles. The summed E-state index contributed by atoms with van der Waals surface area (Å²) in [4.78, 5) is 40.2. The third-order valence-corrected chi connectivity index (χ3v) is 4.58. The molecule has 2 fully saturated rings. The number of carbonyl (C=O) groups is 3. The highest BCUT2D eigenvalue weighted by Crippen LogP contribution is 2.68. The molecule has 1 aliphatic heterocycles. The summed E-state index contributed by atoms with van der Waals surface area (Å²) < 4.78 is 0. The molecule has 1 aromatic heterocycles. The predicted molar refractivity (Wildman–Crippen MR) is 69.9 cm³/mol. The second kappa shape index (κ2) is 4.17. The summed E-state index contributed by atoms with van der Waals surface area (Å²) in [7, 11) is 0. The number of pyridine rings is 1. The molecule has 21 heavy (non-hydrogen) atoms. The Morgan fingerprint density at radius 1 is 1.14 bits per heavy atom. The van der Waals surface area contributed by atoms with Crippen molar-refractivity contribution in [3.8, 4) is 0 Å². The fourth-order valence-corrected chi connectivity index (χ4v) is 3.32. The van der Waals surface area contributed by atoms with Crippen molar-refractivity contribution in [2.45, 2.75) is 6.42 Å². The molecule has 110 valence electrons. The van der Waals surface area contributed by atoms with Crippen LogP contribution in [0.25, 0.3) is 0 Å². The number of piperidine rings is 1. The number of hydrogen-bond acceptors (Lipinski definition) is 4. The van der Waals surface area contributed by atoms with E-state index in [1.807, 2.05) is 0 Å². The van der Waals surface area contributed by atoms with Crippen LogP contribution in [-0.2, 0) is 9.59 Å². The van der Waals surface area contributed by atoms with Gasteiger partial charge in [0.1, 0.15) is 10.8 Å². The van der Waals surface area contributed by atoms with Gasteiger partial charge in [0.05, 0.1) is 10.6 Å². The Balaban J connectivity index is 1.89. The van der Waals surface area contributed by atoms with E-state index in [0.717, 1.165) is 0 Å². The predicted octanol–water partition coefficient (Wildman–Crippen LogP) is 0.736. The average Bonchev–Trinajstić information content (AvgIpc) is 2.97. The minimum Gasteiger partial charge on any atom is -0.481 e. The summed E-state index contributed by atoms with van der Waals surface area (Å²) >= 11 is 5.77. The van der Waals surface area contributed by atoms with E-state index in [4.69, 9.17) is 11.6 Å². The number of nitrogens with zero attached hydrogens (tertiary/aromatic N) is 2. The Morgan fingerprint density at radius 3 is 2.19 bits per heavy atom. The number of carboxylic acids is 2. The van der Waals surface area contributed by atoms with Crippen LogP contribution in [0.2, 0.25) is 5.02 Å².